The molecular weight excluding hydrogens is 1230 g/mol. The minimum Gasteiger partial charge on any atom is -0.309 e. The van der Waals surface area contributed by atoms with Gasteiger partial charge in [-0.25, -0.2) is 0 Å². The number of rotatable bonds is 11. The Bertz CT molecular complexity index is 6750. The Balaban J connectivity index is 0.787. The molecule has 0 fully saturated rings. The van der Waals surface area contributed by atoms with Crippen LogP contribution in [0.15, 0.2) is 388 Å². The Morgan fingerprint density at radius 2 is 0.510 bits per heavy atom. The first-order valence-corrected chi connectivity index (χ1v) is 35.3. The molecule has 20 aromatic carbocycles. The van der Waals surface area contributed by atoms with Gasteiger partial charge in [0, 0.05) is 44.0 Å². The lowest BCUT2D eigenvalue weighted by Gasteiger charge is -2.32. The third-order valence-corrected chi connectivity index (χ3v) is 21.3. The van der Waals surface area contributed by atoms with Crippen molar-refractivity contribution in [3.63, 3.8) is 0 Å². The lowest BCUT2D eigenvalue weighted by molar-refractivity contribution is 1.32. The number of hydrogen-bond acceptors (Lipinski definition) is 2. The molecule has 0 spiro atoms. The summed E-state index contributed by atoms with van der Waals surface area (Å²) in [5.74, 6) is 0. The van der Waals surface area contributed by atoms with E-state index in [0.717, 1.165) is 61.6 Å². The van der Waals surface area contributed by atoms with Gasteiger partial charge in [0.25, 0.3) is 0 Å². The molecular formula is C100H64N2. The highest BCUT2D eigenvalue weighted by molar-refractivity contribution is 6.27. The topological polar surface area (TPSA) is 6.48 Å². The largest absolute Gasteiger partial charge is 0.309 e. The Morgan fingerprint density at radius 3 is 1.13 bits per heavy atom. The molecule has 0 heterocycles. The molecule has 2 heteroatoms. The van der Waals surface area contributed by atoms with E-state index in [1.165, 1.54) is 136 Å². The van der Waals surface area contributed by atoms with Crippen molar-refractivity contribution >= 4 is 142 Å². The number of benzene rings is 20. The van der Waals surface area contributed by atoms with Gasteiger partial charge in [-0.2, -0.15) is 0 Å². The van der Waals surface area contributed by atoms with Gasteiger partial charge in [-0.15, -0.1) is 0 Å². The molecule has 0 aliphatic heterocycles. The van der Waals surface area contributed by atoms with Gasteiger partial charge >= 0.3 is 0 Å². The second-order valence-corrected chi connectivity index (χ2v) is 27.0. The van der Waals surface area contributed by atoms with Crippen molar-refractivity contribution < 1.29 is 0 Å². The highest BCUT2D eigenvalue weighted by atomic mass is 15.2. The number of nitrogens with zero attached hydrogens (tertiary/aromatic N) is 2. The fourth-order valence-electron chi connectivity index (χ4n) is 16.6. The molecule has 0 saturated carbocycles. The maximum absolute atomic E-state index is 2.57. The second-order valence-electron chi connectivity index (χ2n) is 27.0. The summed E-state index contributed by atoms with van der Waals surface area (Å²) >= 11 is 0. The predicted octanol–water partition coefficient (Wildman–Crippen LogP) is 28.5. The maximum Gasteiger partial charge on any atom is 0.0625 e. The summed E-state index contributed by atoms with van der Waals surface area (Å²) in [5.41, 5.74) is 18.4. The summed E-state index contributed by atoms with van der Waals surface area (Å²) in [7, 11) is 0. The molecule has 0 aliphatic rings. The fourth-order valence-corrected chi connectivity index (χ4v) is 16.6. The van der Waals surface area contributed by atoms with Gasteiger partial charge in [-0.05, 0) is 185 Å². The highest BCUT2D eigenvalue weighted by Gasteiger charge is 2.29. The van der Waals surface area contributed by atoms with Gasteiger partial charge < -0.3 is 9.80 Å². The lowest BCUT2D eigenvalue weighted by Crippen LogP contribution is -2.13. The van der Waals surface area contributed by atoms with E-state index in [2.05, 4.69) is 398 Å². The predicted molar refractivity (Wildman–Crippen MR) is 438 cm³/mol. The molecule has 0 N–H and O–H groups in total. The van der Waals surface area contributed by atoms with Gasteiger partial charge in [0.05, 0.1) is 22.7 Å². The van der Waals surface area contributed by atoms with Gasteiger partial charge in [-0.1, -0.05) is 334 Å². The van der Waals surface area contributed by atoms with Crippen LogP contribution in [0.4, 0.5) is 34.1 Å². The van der Waals surface area contributed by atoms with Crippen LogP contribution >= 0.6 is 0 Å². The van der Waals surface area contributed by atoms with Crippen molar-refractivity contribution in [1.29, 1.82) is 0 Å². The van der Waals surface area contributed by atoms with Crippen molar-refractivity contribution in [1.82, 2.24) is 0 Å². The molecule has 0 radical (unpaired) electrons. The van der Waals surface area contributed by atoms with Crippen LogP contribution in [0.2, 0.25) is 0 Å². The molecule has 0 unspecified atom stereocenters. The van der Waals surface area contributed by atoms with Crippen molar-refractivity contribution in [3.05, 3.63) is 388 Å². The number of fused-ring (bicyclic) bond motifs is 12. The van der Waals surface area contributed by atoms with Gasteiger partial charge in [-0.3, -0.25) is 0 Å². The number of anilines is 6. The Morgan fingerprint density at radius 1 is 0.147 bits per heavy atom. The molecule has 0 bridgehead atoms. The quantitative estimate of drug-likeness (QED) is 0.119. The lowest BCUT2D eigenvalue weighted by atomic mass is 9.87. The third-order valence-electron chi connectivity index (χ3n) is 21.3. The molecule has 0 aromatic heterocycles. The first-order valence-electron chi connectivity index (χ1n) is 35.3. The first-order chi connectivity index (χ1) is 50.6. The van der Waals surface area contributed by atoms with Crippen LogP contribution in [0.5, 0.6) is 0 Å². The minimum absolute atomic E-state index is 1.07. The fraction of sp³-hybridized carbons (Fsp3) is 0. The summed E-state index contributed by atoms with van der Waals surface area (Å²) in [6.45, 7) is 0. The molecule has 0 amide bonds. The maximum atomic E-state index is 2.57. The van der Waals surface area contributed by atoms with E-state index in [-0.39, 0.29) is 0 Å². The van der Waals surface area contributed by atoms with E-state index in [1.54, 1.807) is 0 Å². The zero-order valence-electron chi connectivity index (χ0n) is 55.8. The van der Waals surface area contributed by atoms with Crippen molar-refractivity contribution in [2.24, 2.45) is 0 Å². The molecule has 20 aromatic rings. The normalized spacial score (nSPS) is 11.7. The molecule has 474 valence electrons. The van der Waals surface area contributed by atoms with Crippen LogP contribution in [0, 0.1) is 0 Å². The number of hydrogen-bond donors (Lipinski definition) is 0. The Labute approximate surface area is 591 Å². The third kappa shape index (κ3) is 9.71. The second kappa shape index (κ2) is 24.2. The monoisotopic (exact) mass is 1290 g/mol. The zero-order chi connectivity index (χ0) is 67.2. The average Bonchev–Trinajstić information content (AvgIpc) is 0.723. The van der Waals surface area contributed by atoms with E-state index in [1.807, 2.05) is 0 Å². The van der Waals surface area contributed by atoms with Crippen LogP contribution in [0.1, 0.15) is 0 Å². The molecule has 0 atom stereocenters. The van der Waals surface area contributed by atoms with E-state index in [9.17, 15) is 0 Å². The van der Waals surface area contributed by atoms with E-state index < -0.39 is 0 Å². The molecule has 20 rings (SSSR count). The van der Waals surface area contributed by atoms with Gasteiger partial charge in [0.15, 0.2) is 0 Å². The van der Waals surface area contributed by atoms with Crippen molar-refractivity contribution in [2.75, 3.05) is 9.80 Å². The Hall–Kier alpha value is -13.4. The summed E-state index contributed by atoms with van der Waals surface area (Å²) in [4.78, 5) is 5.11. The van der Waals surface area contributed by atoms with Crippen LogP contribution in [0.3, 0.4) is 0 Å². The highest BCUT2D eigenvalue weighted by Crippen LogP contribution is 2.55. The van der Waals surface area contributed by atoms with Crippen molar-refractivity contribution in [2.45, 2.75) is 0 Å². The van der Waals surface area contributed by atoms with E-state index >= 15 is 0 Å². The standard InChI is InChI=1S/C100H64N2/c1-3-26-71-62-73(48-46-65(71)22-1)67-50-55-77(56-51-67)101(95-45-21-29-69-25-6-8-32-83(69)95)100-94-42-18-13-37-88(94)86-35-11-16-40-92(86)98(100)90-44-20-30-74-64-75(54-59-82(74)90)81-60-61-96(89-38-14-9-33-84(81)89)102(78-57-52-70(53-58-78)80-43-19-28-68-24-5-7-31-79(68)80)99-93-41-17-12-36-87(93)85-34-10-15-39-91(85)97(99)76-49-47-66-23-2-4-27-72(66)63-76/h1-64H. The van der Waals surface area contributed by atoms with E-state index in [4.69, 9.17) is 0 Å². The molecule has 2 nitrogen and oxygen atoms in total. The molecule has 0 saturated heterocycles. The summed E-state index contributed by atoms with van der Waals surface area (Å²) < 4.78 is 0. The smallest absolute Gasteiger partial charge is 0.0625 e. The average molecular weight is 1290 g/mol. The summed E-state index contributed by atoms with van der Waals surface area (Å²) in [5, 5.41) is 24.0. The minimum atomic E-state index is 1.07. The zero-order valence-corrected chi connectivity index (χ0v) is 55.8. The van der Waals surface area contributed by atoms with Gasteiger partial charge in [0.1, 0.15) is 0 Å². The van der Waals surface area contributed by atoms with Crippen LogP contribution in [-0.4, -0.2) is 0 Å². The summed E-state index contributed by atoms with van der Waals surface area (Å²) in [6.07, 6.45) is 0. The SMILES string of the molecule is c1ccc2cc(-c3ccc(N(c4cccc5ccccc45)c4c(-c5cccc6cc(-c7ccc(N(c8ccc(-c9cccc%10ccccc9%10)cc8)c8c(-c9ccc%10ccccc%10c9)c9ccccc9c9ccccc89)c8ccccc78)ccc56)c5ccccc5c5ccccc45)cc3)ccc2c1. The van der Waals surface area contributed by atoms with Crippen LogP contribution in [0.25, 0.3) is 163 Å². The van der Waals surface area contributed by atoms with Crippen LogP contribution < -0.4 is 9.80 Å². The molecule has 102 heavy (non-hydrogen) atoms. The van der Waals surface area contributed by atoms with Gasteiger partial charge in [0.2, 0.25) is 0 Å². The summed E-state index contributed by atoms with van der Waals surface area (Å²) in [6, 6.07) is 145. The van der Waals surface area contributed by atoms with Crippen LogP contribution in [-0.2, 0) is 0 Å². The molecule has 0 aliphatic carbocycles. The van der Waals surface area contributed by atoms with E-state index in [0.29, 0.717) is 0 Å². The first kappa shape index (κ1) is 58.7. The van der Waals surface area contributed by atoms with Crippen molar-refractivity contribution in [3.8, 4) is 55.6 Å². The Kier molecular flexibility index (Phi) is 14.0.